The second-order valence-electron chi connectivity index (χ2n) is 5.02. The number of hydrogen-bond acceptors (Lipinski definition) is 3. The van der Waals surface area contributed by atoms with Crippen molar-refractivity contribution >= 4 is 0 Å². The Morgan fingerprint density at radius 3 is 3.12 bits per heavy atom. The predicted octanol–water partition coefficient (Wildman–Crippen LogP) is 1.50. The maximum Gasteiger partial charge on any atom is 0.0552 e. The monoisotopic (exact) mass is 237 g/mol. The molecule has 0 aliphatic carbocycles. The summed E-state index contributed by atoms with van der Waals surface area (Å²) in [6.07, 6.45) is 4.03. The van der Waals surface area contributed by atoms with Gasteiger partial charge in [0.1, 0.15) is 0 Å². The molecule has 0 bridgehead atoms. The number of aryl methyl sites for hydroxylation is 1. The molecule has 2 atom stereocenters. The van der Waals surface area contributed by atoms with Crippen LogP contribution >= 0.6 is 0 Å². The normalized spacial score (nSPS) is 23.8. The van der Waals surface area contributed by atoms with Crippen molar-refractivity contribution in [1.82, 2.24) is 14.7 Å². The van der Waals surface area contributed by atoms with Crippen molar-refractivity contribution in [2.75, 3.05) is 13.1 Å². The van der Waals surface area contributed by atoms with Crippen LogP contribution in [0.2, 0.25) is 0 Å². The average Bonchev–Trinajstić information content (AvgIpc) is 2.76. The van der Waals surface area contributed by atoms with Crippen molar-refractivity contribution in [3.05, 3.63) is 18.0 Å². The molecule has 1 N–H and O–H groups in total. The molecule has 17 heavy (non-hydrogen) atoms. The molecule has 1 aromatic heterocycles. The minimum atomic E-state index is -0.186. The summed E-state index contributed by atoms with van der Waals surface area (Å²) in [4.78, 5) is 2.43. The molecule has 0 spiro atoms. The Labute approximate surface area is 103 Å². The highest BCUT2D eigenvalue weighted by Crippen LogP contribution is 2.21. The highest BCUT2D eigenvalue weighted by Gasteiger charge is 2.23. The van der Waals surface area contributed by atoms with E-state index in [1.54, 1.807) is 0 Å². The number of nitrogens with zero attached hydrogens (tertiary/aromatic N) is 3. The molecule has 1 fully saturated rings. The molecular formula is C13H23N3O. The molecule has 0 aromatic carbocycles. The Balaban J connectivity index is 1.94. The van der Waals surface area contributed by atoms with Crippen LogP contribution in [0, 0.1) is 5.92 Å². The molecular weight excluding hydrogens is 214 g/mol. The van der Waals surface area contributed by atoms with E-state index < -0.39 is 0 Å². The third kappa shape index (κ3) is 3.07. The first-order valence-electron chi connectivity index (χ1n) is 6.61. The van der Waals surface area contributed by atoms with E-state index in [0.29, 0.717) is 5.92 Å². The van der Waals surface area contributed by atoms with Crippen molar-refractivity contribution in [2.45, 2.75) is 45.9 Å². The van der Waals surface area contributed by atoms with Gasteiger partial charge in [-0.3, -0.25) is 9.58 Å². The molecule has 0 unspecified atom stereocenters. The maximum absolute atomic E-state index is 9.68. The summed E-state index contributed by atoms with van der Waals surface area (Å²) in [5.74, 6) is 0.432. The Kier molecular flexibility index (Phi) is 4.18. The molecule has 0 saturated carbocycles. The Hall–Kier alpha value is -0.870. The van der Waals surface area contributed by atoms with Crippen molar-refractivity contribution in [3.8, 4) is 0 Å². The van der Waals surface area contributed by atoms with Crippen molar-refractivity contribution in [2.24, 2.45) is 5.92 Å². The van der Waals surface area contributed by atoms with Gasteiger partial charge in [0.15, 0.2) is 0 Å². The van der Waals surface area contributed by atoms with Gasteiger partial charge in [-0.05, 0) is 45.2 Å². The number of piperidine rings is 1. The van der Waals surface area contributed by atoms with Crippen LogP contribution in [-0.2, 0) is 13.1 Å². The highest BCUT2D eigenvalue weighted by atomic mass is 16.3. The number of rotatable bonds is 4. The van der Waals surface area contributed by atoms with Crippen LogP contribution in [0.1, 0.15) is 32.4 Å². The third-order valence-corrected chi connectivity index (χ3v) is 3.71. The topological polar surface area (TPSA) is 41.3 Å². The van der Waals surface area contributed by atoms with E-state index in [4.69, 9.17) is 0 Å². The van der Waals surface area contributed by atoms with Gasteiger partial charge in [0.05, 0.1) is 11.8 Å². The lowest BCUT2D eigenvalue weighted by molar-refractivity contribution is 0.0589. The molecule has 0 amide bonds. The smallest absolute Gasteiger partial charge is 0.0552 e. The molecule has 0 radical (unpaired) electrons. The Morgan fingerprint density at radius 1 is 1.59 bits per heavy atom. The fraction of sp³-hybridized carbons (Fsp3) is 0.769. The van der Waals surface area contributed by atoms with Gasteiger partial charge in [-0.2, -0.15) is 5.10 Å². The number of aliphatic hydroxyl groups excluding tert-OH is 1. The van der Waals surface area contributed by atoms with E-state index in [9.17, 15) is 5.11 Å². The van der Waals surface area contributed by atoms with Gasteiger partial charge in [0, 0.05) is 25.8 Å². The maximum atomic E-state index is 9.68. The van der Waals surface area contributed by atoms with Crippen molar-refractivity contribution < 1.29 is 5.11 Å². The zero-order chi connectivity index (χ0) is 12.3. The zero-order valence-electron chi connectivity index (χ0n) is 10.8. The van der Waals surface area contributed by atoms with Gasteiger partial charge in [-0.15, -0.1) is 0 Å². The van der Waals surface area contributed by atoms with E-state index in [1.165, 1.54) is 12.1 Å². The SMILES string of the molecule is CCn1nccc1CN1CCC[C@H]([C@@H](C)O)C1. The number of hydrogen-bond donors (Lipinski definition) is 1. The molecule has 2 rings (SSSR count). The molecule has 1 aliphatic rings. The summed E-state index contributed by atoms with van der Waals surface area (Å²) in [6, 6.07) is 2.09. The van der Waals surface area contributed by atoms with Gasteiger partial charge >= 0.3 is 0 Å². The minimum absolute atomic E-state index is 0.186. The van der Waals surface area contributed by atoms with Gasteiger partial charge < -0.3 is 5.11 Å². The molecule has 4 nitrogen and oxygen atoms in total. The highest BCUT2D eigenvalue weighted by molar-refractivity contribution is 5.00. The number of aromatic nitrogens is 2. The Morgan fingerprint density at radius 2 is 2.41 bits per heavy atom. The van der Waals surface area contributed by atoms with Gasteiger partial charge in [-0.1, -0.05) is 0 Å². The summed E-state index contributed by atoms with van der Waals surface area (Å²) in [6.45, 7) is 8.05. The zero-order valence-corrected chi connectivity index (χ0v) is 10.8. The number of likely N-dealkylation sites (tertiary alicyclic amines) is 1. The van der Waals surface area contributed by atoms with Crippen molar-refractivity contribution in [1.29, 1.82) is 0 Å². The summed E-state index contributed by atoms with van der Waals surface area (Å²) in [5.41, 5.74) is 1.28. The quantitative estimate of drug-likeness (QED) is 0.862. The molecule has 4 heteroatoms. The summed E-state index contributed by atoms with van der Waals surface area (Å²) in [5, 5.41) is 14.0. The molecule has 1 saturated heterocycles. The first kappa shape index (κ1) is 12.6. The summed E-state index contributed by atoms with van der Waals surface area (Å²) < 4.78 is 2.05. The lowest BCUT2D eigenvalue weighted by Crippen LogP contribution is -2.39. The lowest BCUT2D eigenvalue weighted by atomic mass is 9.93. The van der Waals surface area contributed by atoms with Gasteiger partial charge in [0.2, 0.25) is 0 Å². The second kappa shape index (κ2) is 5.65. The third-order valence-electron chi connectivity index (χ3n) is 3.71. The standard InChI is InChI=1S/C13H23N3O/c1-3-16-13(6-7-14-16)10-15-8-4-5-12(9-15)11(2)17/h6-7,11-12,17H,3-5,8-10H2,1-2H3/t11-,12+/m1/s1. The van der Waals surface area contributed by atoms with E-state index >= 15 is 0 Å². The summed E-state index contributed by atoms with van der Waals surface area (Å²) in [7, 11) is 0. The van der Waals surface area contributed by atoms with Crippen LogP contribution in [0.3, 0.4) is 0 Å². The van der Waals surface area contributed by atoms with Gasteiger partial charge in [-0.25, -0.2) is 0 Å². The minimum Gasteiger partial charge on any atom is -0.393 e. The molecule has 1 aromatic rings. The van der Waals surface area contributed by atoms with Gasteiger partial charge in [0.25, 0.3) is 0 Å². The lowest BCUT2D eigenvalue weighted by Gasteiger charge is -2.34. The van der Waals surface area contributed by atoms with Crippen molar-refractivity contribution in [3.63, 3.8) is 0 Å². The van der Waals surface area contributed by atoms with E-state index in [2.05, 4.69) is 23.0 Å². The van der Waals surface area contributed by atoms with E-state index in [0.717, 1.165) is 32.6 Å². The van der Waals surface area contributed by atoms with Crippen LogP contribution in [0.4, 0.5) is 0 Å². The first-order valence-corrected chi connectivity index (χ1v) is 6.61. The molecule has 2 heterocycles. The van der Waals surface area contributed by atoms with E-state index in [-0.39, 0.29) is 6.10 Å². The second-order valence-corrected chi connectivity index (χ2v) is 5.02. The van der Waals surface area contributed by atoms with Crippen LogP contribution in [-0.4, -0.2) is 39.0 Å². The molecule has 96 valence electrons. The van der Waals surface area contributed by atoms with Crippen LogP contribution in [0.5, 0.6) is 0 Å². The predicted molar refractivity (Wildman–Crippen MR) is 67.6 cm³/mol. The van der Waals surface area contributed by atoms with Crippen LogP contribution in [0.25, 0.3) is 0 Å². The van der Waals surface area contributed by atoms with Crippen LogP contribution in [0.15, 0.2) is 12.3 Å². The largest absolute Gasteiger partial charge is 0.393 e. The van der Waals surface area contributed by atoms with Crippen LogP contribution < -0.4 is 0 Å². The van der Waals surface area contributed by atoms with E-state index in [1.807, 2.05) is 17.8 Å². The fourth-order valence-electron chi connectivity index (χ4n) is 2.64. The fourth-order valence-corrected chi connectivity index (χ4v) is 2.64. The first-order chi connectivity index (χ1) is 8.20. The number of aliphatic hydroxyl groups is 1. The average molecular weight is 237 g/mol. The Bertz CT molecular complexity index is 348. The molecule has 1 aliphatic heterocycles. The summed E-state index contributed by atoms with van der Waals surface area (Å²) >= 11 is 0.